The second kappa shape index (κ2) is 3.09. The smallest absolute Gasteiger partial charge is 0.0570 e. The Hall–Kier alpha value is -0.120. The van der Waals surface area contributed by atoms with E-state index in [0.717, 1.165) is 12.8 Å². The van der Waals surface area contributed by atoms with Crippen molar-refractivity contribution in [2.24, 2.45) is 0 Å². The molecular weight excluding hydrogens is 142 g/mol. The van der Waals surface area contributed by atoms with Crippen LogP contribution >= 0.6 is 0 Å². The van der Waals surface area contributed by atoms with Crippen LogP contribution in [0.15, 0.2) is 0 Å². The molecule has 11 heavy (non-hydrogen) atoms. The van der Waals surface area contributed by atoms with Gasteiger partial charge in [0, 0.05) is 12.1 Å². The summed E-state index contributed by atoms with van der Waals surface area (Å²) >= 11 is 0. The first-order chi connectivity index (χ1) is 4.77. The first-order valence-corrected chi connectivity index (χ1v) is 4.17. The van der Waals surface area contributed by atoms with Crippen molar-refractivity contribution in [3.63, 3.8) is 0 Å². The molecule has 3 N–H and O–H groups in total. The summed E-state index contributed by atoms with van der Waals surface area (Å²) in [6.45, 7) is 0. The summed E-state index contributed by atoms with van der Waals surface area (Å²) in [5.74, 6) is 0. The van der Waals surface area contributed by atoms with Crippen LogP contribution in [0.5, 0.6) is 0 Å². The summed E-state index contributed by atoms with van der Waals surface area (Å²) in [6.07, 6.45) is 4.62. The van der Waals surface area contributed by atoms with Crippen LogP contribution in [-0.2, 0) is 0 Å². The quantitative estimate of drug-likeness (QED) is 0.531. The summed E-state index contributed by atoms with van der Waals surface area (Å²) in [5, 5.41) is 9.38. The van der Waals surface area contributed by atoms with Gasteiger partial charge >= 0.3 is 0 Å². The van der Waals surface area contributed by atoms with Crippen LogP contribution in [0.25, 0.3) is 0 Å². The summed E-state index contributed by atoms with van der Waals surface area (Å²) < 4.78 is 0. The topological polar surface area (TPSA) is 55.0 Å². The molecule has 2 saturated heterocycles. The Kier molecular flexibility index (Phi) is 2.52. The van der Waals surface area contributed by atoms with Crippen LogP contribution in [-0.4, -0.2) is 40.7 Å². The molecule has 0 saturated carbocycles. The summed E-state index contributed by atoms with van der Waals surface area (Å²) in [5.41, 5.74) is 0. The Balaban J connectivity index is 0.000000605. The molecule has 2 aliphatic rings. The van der Waals surface area contributed by atoms with E-state index in [1.807, 2.05) is 0 Å². The zero-order valence-electron chi connectivity index (χ0n) is 6.95. The van der Waals surface area contributed by atoms with Crippen LogP contribution < -0.4 is 0 Å². The fraction of sp³-hybridized carbons (Fsp3) is 1.00. The van der Waals surface area contributed by atoms with Crippen molar-refractivity contribution in [3.8, 4) is 0 Å². The summed E-state index contributed by atoms with van der Waals surface area (Å²) in [4.78, 5) is 2.44. The Morgan fingerprint density at radius 3 is 2.09 bits per heavy atom. The van der Waals surface area contributed by atoms with Crippen molar-refractivity contribution in [2.75, 3.05) is 7.05 Å². The van der Waals surface area contributed by atoms with E-state index in [9.17, 15) is 5.11 Å². The highest BCUT2D eigenvalue weighted by Gasteiger charge is 2.37. The number of fused-ring (bicyclic) bond motifs is 2. The van der Waals surface area contributed by atoms with Crippen molar-refractivity contribution in [1.29, 1.82) is 0 Å². The Bertz CT molecular complexity index is 126. The third-order valence-corrected chi connectivity index (χ3v) is 3.07. The van der Waals surface area contributed by atoms with Crippen LogP contribution in [0.3, 0.4) is 0 Å². The van der Waals surface area contributed by atoms with Gasteiger partial charge in [-0.1, -0.05) is 0 Å². The van der Waals surface area contributed by atoms with Crippen molar-refractivity contribution >= 4 is 0 Å². The fourth-order valence-corrected chi connectivity index (χ4v) is 2.38. The van der Waals surface area contributed by atoms with Crippen molar-refractivity contribution in [1.82, 2.24) is 4.90 Å². The average molecular weight is 159 g/mol. The van der Waals surface area contributed by atoms with E-state index >= 15 is 0 Å². The van der Waals surface area contributed by atoms with Gasteiger partial charge in [0.25, 0.3) is 0 Å². The molecule has 0 aliphatic carbocycles. The predicted molar refractivity (Wildman–Crippen MR) is 43.4 cm³/mol. The summed E-state index contributed by atoms with van der Waals surface area (Å²) in [6, 6.07) is 1.38. The van der Waals surface area contributed by atoms with Crippen molar-refractivity contribution in [2.45, 2.75) is 43.9 Å². The van der Waals surface area contributed by atoms with E-state index in [4.69, 9.17) is 0 Å². The fourth-order valence-electron chi connectivity index (χ4n) is 2.38. The van der Waals surface area contributed by atoms with Gasteiger partial charge in [-0.15, -0.1) is 0 Å². The molecule has 0 aromatic carbocycles. The number of nitrogens with zero attached hydrogens (tertiary/aromatic N) is 1. The normalized spacial score (nSPS) is 43.6. The zero-order valence-corrected chi connectivity index (χ0v) is 6.95. The van der Waals surface area contributed by atoms with Gasteiger partial charge in [0.05, 0.1) is 6.10 Å². The SMILES string of the molecule is CN1[C@@H]2CC[C@H]1C[C@@H](O)C2.O. The van der Waals surface area contributed by atoms with Gasteiger partial charge in [-0.2, -0.15) is 0 Å². The molecule has 2 bridgehead atoms. The molecule has 0 aromatic heterocycles. The average Bonchev–Trinajstić information content (AvgIpc) is 2.20. The van der Waals surface area contributed by atoms with Crippen LogP contribution in [0.4, 0.5) is 0 Å². The first kappa shape index (κ1) is 8.97. The molecule has 2 heterocycles. The maximum absolute atomic E-state index is 9.38. The maximum atomic E-state index is 9.38. The third kappa shape index (κ3) is 1.41. The molecule has 2 fully saturated rings. The standard InChI is InChI=1S/C8H15NO.H2O/c1-9-6-2-3-7(9)5-8(10)4-6;/h6-8,10H,2-5H2,1H3;1H2/t6-,7+,8+;. The number of aliphatic hydroxyl groups is 1. The Morgan fingerprint density at radius 2 is 1.64 bits per heavy atom. The Morgan fingerprint density at radius 1 is 1.18 bits per heavy atom. The second-order valence-corrected chi connectivity index (χ2v) is 3.68. The maximum Gasteiger partial charge on any atom is 0.0570 e. The highest BCUT2D eigenvalue weighted by atomic mass is 16.3. The molecular formula is C8H17NO2. The molecule has 0 spiro atoms. The van der Waals surface area contributed by atoms with Gasteiger partial charge in [-0.05, 0) is 32.7 Å². The number of hydrogen-bond donors (Lipinski definition) is 1. The van der Waals surface area contributed by atoms with E-state index in [2.05, 4.69) is 11.9 Å². The third-order valence-electron chi connectivity index (χ3n) is 3.07. The van der Waals surface area contributed by atoms with Crippen molar-refractivity contribution in [3.05, 3.63) is 0 Å². The second-order valence-electron chi connectivity index (χ2n) is 3.68. The molecule has 3 nitrogen and oxygen atoms in total. The largest absolute Gasteiger partial charge is 0.412 e. The van der Waals surface area contributed by atoms with Gasteiger partial charge in [0.1, 0.15) is 0 Å². The minimum absolute atomic E-state index is 0. The lowest BCUT2D eigenvalue weighted by molar-refractivity contribution is 0.0503. The molecule has 0 aromatic rings. The van der Waals surface area contributed by atoms with Gasteiger partial charge in [-0.3, -0.25) is 0 Å². The predicted octanol–water partition coefficient (Wildman–Crippen LogP) is -0.221. The number of hydrogen-bond acceptors (Lipinski definition) is 2. The van der Waals surface area contributed by atoms with E-state index in [0.29, 0.717) is 12.1 Å². The molecule has 3 atom stereocenters. The van der Waals surface area contributed by atoms with Gasteiger partial charge in [0.2, 0.25) is 0 Å². The molecule has 0 unspecified atom stereocenters. The van der Waals surface area contributed by atoms with Gasteiger partial charge < -0.3 is 15.5 Å². The minimum Gasteiger partial charge on any atom is -0.412 e. The molecule has 66 valence electrons. The molecule has 3 heteroatoms. The Labute approximate surface area is 67.3 Å². The lowest BCUT2D eigenvalue weighted by Crippen LogP contribution is -2.41. The lowest BCUT2D eigenvalue weighted by atomic mass is 10.0. The lowest BCUT2D eigenvalue weighted by Gasteiger charge is -2.33. The number of piperidine rings is 1. The van der Waals surface area contributed by atoms with Crippen LogP contribution in [0, 0.1) is 0 Å². The van der Waals surface area contributed by atoms with E-state index in [1.54, 1.807) is 0 Å². The molecule has 2 rings (SSSR count). The zero-order chi connectivity index (χ0) is 7.14. The summed E-state index contributed by atoms with van der Waals surface area (Å²) in [7, 11) is 2.19. The van der Waals surface area contributed by atoms with E-state index in [1.165, 1.54) is 12.8 Å². The highest BCUT2D eigenvalue weighted by molar-refractivity contribution is 4.93. The minimum atomic E-state index is -0.00583. The number of aliphatic hydroxyl groups excluding tert-OH is 1. The van der Waals surface area contributed by atoms with Gasteiger partial charge in [-0.25, -0.2) is 0 Å². The molecule has 0 radical (unpaired) electrons. The molecule has 2 aliphatic heterocycles. The monoisotopic (exact) mass is 159 g/mol. The van der Waals surface area contributed by atoms with Crippen LogP contribution in [0.2, 0.25) is 0 Å². The highest BCUT2D eigenvalue weighted by Crippen LogP contribution is 2.33. The molecule has 0 amide bonds. The van der Waals surface area contributed by atoms with Crippen molar-refractivity contribution < 1.29 is 10.6 Å². The van der Waals surface area contributed by atoms with Crippen LogP contribution in [0.1, 0.15) is 25.7 Å². The van der Waals surface area contributed by atoms with E-state index in [-0.39, 0.29) is 11.6 Å². The first-order valence-electron chi connectivity index (χ1n) is 4.17. The van der Waals surface area contributed by atoms with Gasteiger partial charge in [0.15, 0.2) is 0 Å². The van der Waals surface area contributed by atoms with E-state index < -0.39 is 0 Å². The number of rotatable bonds is 0.